The summed E-state index contributed by atoms with van der Waals surface area (Å²) in [5.41, 5.74) is -0.433. The van der Waals surface area contributed by atoms with Gasteiger partial charge < -0.3 is 5.11 Å². The minimum absolute atomic E-state index is 0.433. The fourth-order valence-corrected chi connectivity index (χ4v) is 1.17. The molecule has 0 aliphatic rings. The number of carboxylic acid groups (broad SMARTS) is 1. The Balaban J connectivity index is 3.23. The molecule has 8 heteroatoms. The van der Waals surface area contributed by atoms with Crippen LogP contribution in [0.1, 0.15) is 21.1 Å². The van der Waals surface area contributed by atoms with Crippen LogP contribution < -0.4 is 0 Å². The maximum atomic E-state index is 11.1. The van der Waals surface area contributed by atoms with Crippen LogP contribution in [0, 0.1) is 0 Å². The fourth-order valence-electron chi connectivity index (χ4n) is 0.742. The zero-order chi connectivity index (χ0) is 11.6. The summed E-state index contributed by atoms with van der Waals surface area (Å²) in [6.07, 6.45) is 1.71. The molecule has 0 aliphatic carbocycles. The Labute approximate surface area is 84.7 Å². The topological polar surface area (TPSA) is 114 Å². The molecule has 0 spiro atoms. The van der Waals surface area contributed by atoms with E-state index in [1.165, 1.54) is 0 Å². The molecule has 0 unspecified atom stereocenters. The molecule has 0 amide bonds. The van der Waals surface area contributed by atoms with Crippen molar-refractivity contribution in [2.75, 3.05) is 6.26 Å². The summed E-state index contributed by atoms with van der Waals surface area (Å²) in [6, 6.07) is 1.06. The Hall–Kier alpha value is -1.83. The highest BCUT2D eigenvalue weighted by Gasteiger charge is 2.22. The van der Waals surface area contributed by atoms with Gasteiger partial charge in [-0.05, 0) is 6.07 Å². The second-order valence-electron chi connectivity index (χ2n) is 2.63. The second-order valence-corrected chi connectivity index (χ2v) is 4.55. The first kappa shape index (κ1) is 11.2. The third kappa shape index (κ3) is 2.56. The van der Waals surface area contributed by atoms with Crippen molar-refractivity contribution in [1.82, 2.24) is 9.97 Å². The van der Waals surface area contributed by atoms with Gasteiger partial charge >= 0.3 is 11.1 Å². The molecule has 0 aromatic carbocycles. The van der Waals surface area contributed by atoms with Gasteiger partial charge in [0.25, 0.3) is 0 Å². The summed E-state index contributed by atoms with van der Waals surface area (Å²) < 4.78 is 21.7. The van der Waals surface area contributed by atoms with E-state index in [2.05, 4.69) is 9.97 Å². The van der Waals surface area contributed by atoms with Crippen LogP contribution in [-0.2, 0) is 9.84 Å². The van der Waals surface area contributed by atoms with Gasteiger partial charge in [-0.2, -0.15) is 0 Å². The van der Waals surface area contributed by atoms with Crippen LogP contribution in [0.5, 0.6) is 0 Å². The molecule has 15 heavy (non-hydrogen) atoms. The van der Waals surface area contributed by atoms with Gasteiger partial charge in [-0.25, -0.2) is 23.2 Å². The average molecular weight is 230 g/mol. The molecule has 80 valence electrons. The van der Waals surface area contributed by atoms with Crippen molar-refractivity contribution < 1.29 is 23.1 Å². The van der Waals surface area contributed by atoms with Crippen LogP contribution in [0.15, 0.2) is 12.3 Å². The summed E-state index contributed by atoms with van der Waals surface area (Å²) in [4.78, 5) is 28.3. The normalized spacial score (nSPS) is 11.0. The zero-order valence-corrected chi connectivity index (χ0v) is 8.35. The van der Waals surface area contributed by atoms with Crippen LogP contribution >= 0.6 is 0 Å². The van der Waals surface area contributed by atoms with Gasteiger partial charge in [-0.3, -0.25) is 4.79 Å². The molecule has 0 atom stereocenters. The highest BCUT2D eigenvalue weighted by molar-refractivity contribution is 8.06. The highest BCUT2D eigenvalue weighted by atomic mass is 32.2. The third-order valence-corrected chi connectivity index (χ3v) is 2.25. The second kappa shape index (κ2) is 3.73. The smallest absolute Gasteiger partial charge is 0.354 e. The van der Waals surface area contributed by atoms with Crippen LogP contribution in [-0.4, -0.2) is 40.8 Å². The van der Waals surface area contributed by atoms with Crippen LogP contribution in [0.4, 0.5) is 0 Å². The molecular formula is C7H6N2O5S. The van der Waals surface area contributed by atoms with Crippen LogP contribution in [0.3, 0.4) is 0 Å². The predicted octanol–water partition coefficient (Wildman–Crippen LogP) is -0.640. The molecule has 1 rings (SSSR count). The number of carbonyl (C=O) groups is 2. The van der Waals surface area contributed by atoms with E-state index in [0.717, 1.165) is 12.3 Å². The number of carboxylic acids is 1. The predicted molar refractivity (Wildman–Crippen MR) is 48.2 cm³/mol. The standard InChI is InChI=1S/C7H6N2O5S/c1-15(13,14)7(12)5-8-3-2-4(9-5)6(10)11/h2-3H,1H3,(H,10,11). The largest absolute Gasteiger partial charge is 0.477 e. The third-order valence-electron chi connectivity index (χ3n) is 1.39. The number of hydrogen-bond donors (Lipinski definition) is 1. The zero-order valence-electron chi connectivity index (χ0n) is 7.54. The summed E-state index contributed by atoms with van der Waals surface area (Å²) >= 11 is 0. The molecule has 1 aromatic rings. The van der Waals surface area contributed by atoms with Gasteiger partial charge in [0.2, 0.25) is 15.7 Å². The monoisotopic (exact) mass is 230 g/mol. The quantitative estimate of drug-likeness (QED) is 0.718. The van der Waals surface area contributed by atoms with Crippen molar-refractivity contribution in [2.24, 2.45) is 0 Å². The van der Waals surface area contributed by atoms with Gasteiger partial charge in [0.05, 0.1) is 0 Å². The number of rotatable bonds is 2. The van der Waals surface area contributed by atoms with E-state index in [1.807, 2.05) is 0 Å². The lowest BCUT2D eigenvalue weighted by Gasteiger charge is -1.97. The number of aromatic nitrogens is 2. The Morgan fingerprint density at radius 3 is 2.47 bits per heavy atom. The molecule has 7 nitrogen and oxygen atoms in total. The van der Waals surface area contributed by atoms with E-state index in [9.17, 15) is 18.0 Å². The Kier molecular flexibility index (Phi) is 2.80. The summed E-state index contributed by atoms with van der Waals surface area (Å²) in [5.74, 6) is -2.00. The lowest BCUT2D eigenvalue weighted by atomic mass is 10.4. The van der Waals surface area contributed by atoms with Crippen molar-refractivity contribution in [2.45, 2.75) is 0 Å². The Bertz CT molecular complexity index is 522. The molecule has 1 N–H and O–H groups in total. The van der Waals surface area contributed by atoms with Gasteiger partial charge in [0.1, 0.15) is 0 Å². The summed E-state index contributed by atoms with van der Waals surface area (Å²) in [7, 11) is -3.96. The highest BCUT2D eigenvalue weighted by Crippen LogP contribution is 2.00. The van der Waals surface area contributed by atoms with E-state index >= 15 is 0 Å². The number of aromatic carboxylic acids is 1. The first-order chi connectivity index (χ1) is 6.82. The number of sulfone groups is 1. The maximum Gasteiger partial charge on any atom is 0.354 e. The molecule has 0 fully saturated rings. The van der Waals surface area contributed by atoms with E-state index in [4.69, 9.17) is 5.11 Å². The average Bonchev–Trinajstić information content (AvgIpc) is 2.15. The SMILES string of the molecule is CS(=O)(=O)C(=O)c1nccc(C(=O)O)n1. The van der Waals surface area contributed by atoms with Gasteiger partial charge in [0.15, 0.2) is 5.69 Å². The number of nitrogens with zero attached hydrogens (tertiary/aromatic N) is 2. The first-order valence-electron chi connectivity index (χ1n) is 3.63. The van der Waals surface area contributed by atoms with E-state index < -0.39 is 32.4 Å². The van der Waals surface area contributed by atoms with Crippen LogP contribution in [0.25, 0.3) is 0 Å². The summed E-state index contributed by atoms with van der Waals surface area (Å²) in [6.45, 7) is 0. The van der Waals surface area contributed by atoms with Gasteiger partial charge in [-0.15, -0.1) is 0 Å². The van der Waals surface area contributed by atoms with Crippen molar-refractivity contribution in [3.8, 4) is 0 Å². The van der Waals surface area contributed by atoms with Gasteiger partial charge in [-0.1, -0.05) is 0 Å². The van der Waals surface area contributed by atoms with Crippen molar-refractivity contribution in [1.29, 1.82) is 0 Å². The first-order valence-corrected chi connectivity index (χ1v) is 5.52. The molecule has 0 bridgehead atoms. The minimum atomic E-state index is -3.96. The van der Waals surface area contributed by atoms with Gasteiger partial charge in [0, 0.05) is 12.5 Å². The lowest BCUT2D eigenvalue weighted by molar-refractivity contribution is 0.0690. The number of carbonyl (C=O) groups excluding carboxylic acids is 1. The molecular weight excluding hydrogens is 224 g/mol. The summed E-state index contributed by atoms with van der Waals surface area (Å²) in [5, 5.41) is 7.24. The van der Waals surface area contributed by atoms with Crippen molar-refractivity contribution >= 4 is 20.9 Å². The Morgan fingerprint density at radius 2 is 2.00 bits per heavy atom. The lowest BCUT2D eigenvalue weighted by Crippen LogP contribution is -2.17. The van der Waals surface area contributed by atoms with E-state index in [0.29, 0.717) is 6.26 Å². The Morgan fingerprint density at radius 1 is 1.40 bits per heavy atom. The molecule has 0 saturated heterocycles. The molecule has 1 heterocycles. The van der Waals surface area contributed by atoms with Crippen LogP contribution in [0.2, 0.25) is 0 Å². The van der Waals surface area contributed by atoms with E-state index in [-0.39, 0.29) is 0 Å². The fraction of sp³-hybridized carbons (Fsp3) is 0.143. The maximum absolute atomic E-state index is 11.1. The van der Waals surface area contributed by atoms with Crippen molar-refractivity contribution in [3.05, 3.63) is 23.8 Å². The van der Waals surface area contributed by atoms with E-state index in [1.54, 1.807) is 0 Å². The molecule has 1 aromatic heterocycles. The van der Waals surface area contributed by atoms with Crippen molar-refractivity contribution in [3.63, 3.8) is 0 Å². The molecule has 0 aliphatic heterocycles. The molecule has 0 radical (unpaired) electrons. The number of hydrogen-bond acceptors (Lipinski definition) is 6. The molecule has 0 saturated carbocycles. The minimum Gasteiger partial charge on any atom is -0.477 e.